The van der Waals surface area contributed by atoms with Gasteiger partial charge in [-0.25, -0.2) is 9.78 Å². The van der Waals surface area contributed by atoms with Crippen molar-refractivity contribution in [3.63, 3.8) is 0 Å². The number of anilines is 1. The van der Waals surface area contributed by atoms with Crippen LogP contribution in [0.2, 0.25) is 0 Å². The quantitative estimate of drug-likeness (QED) is 0.251. The van der Waals surface area contributed by atoms with Gasteiger partial charge in [0.1, 0.15) is 22.8 Å². The van der Waals surface area contributed by atoms with Crippen molar-refractivity contribution < 1.29 is 28.3 Å². The number of nitrogens with zero attached hydrogens (tertiary/aromatic N) is 2. The highest BCUT2D eigenvalue weighted by Crippen LogP contribution is 2.43. The van der Waals surface area contributed by atoms with E-state index in [0.717, 1.165) is 22.5 Å². The minimum atomic E-state index is -0.905. The number of rotatable bonds is 8. The molecule has 5 rings (SSSR count). The Morgan fingerprint density at radius 3 is 2.52 bits per heavy atom. The second-order valence-corrected chi connectivity index (χ2v) is 10.3. The fourth-order valence-electron chi connectivity index (χ4n) is 4.52. The summed E-state index contributed by atoms with van der Waals surface area (Å²) >= 11 is 0.983. The molecule has 204 valence electrons. The number of amides is 2. The van der Waals surface area contributed by atoms with E-state index in [4.69, 9.17) is 19.6 Å². The zero-order chi connectivity index (χ0) is 28.7. The van der Waals surface area contributed by atoms with Crippen molar-refractivity contribution >= 4 is 45.2 Å². The van der Waals surface area contributed by atoms with Gasteiger partial charge in [0.2, 0.25) is 5.76 Å². The molecule has 0 spiro atoms. The van der Waals surface area contributed by atoms with Crippen LogP contribution in [-0.4, -0.2) is 36.0 Å². The molecule has 0 aliphatic carbocycles. The lowest BCUT2D eigenvalue weighted by molar-refractivity contribution is -0.119. The number of esters is 1. The average molecular weight is 560 g/mol. The number of nitrogens with two attached hydrogens (primary N) is 1. The van der Waals surface area contributed by atoms with Crippen molar-refractivity contribution in [2.75, 3.05) is 18.1 Å². The van der Waals surface area contributed by atoms with Gasteiger partial charge in [-0.2, -0.15) is 0 Å². The third-order valence-electron chi connectivity index (χ3n) is 6.57. The second-order valence-electron chi connectivity index (χ2n) is 9.31. The van der Waals surface area contributed by atoms with Gasteiger partial charge in [0, 0.05) is 0 Å². The molecule has 2 aromatic heterocycles. The Balaban J connectivity index is 1.68. The molecule has 11 heteroatoms. The first kappa shape index (κ1) is 26.8. The van der Waals surface area contributed by atoms with E-state index in [9.17, 15) is 19.2 Å². The largest absolute Gasteiger partial charge is 0.484 e. The molecule has 1 aliphatic heterocycles. The maximum atomic E-state index is 13.9. The summed E-state index contributed by atoms with van der Waals surface area (Å²) in [6, 6.07) is 9.17. The Kier molecular flexibility index (Phi) is 6.99. The van der Waals surface area contributed by atoms with Crippen LogP contribution in [0.15, 0.2) is 58.3 Å². The molecule has 1 aliphatic rings. The summed E-state index contributed by atoms with van der Waals surface area (Å²) < 4.78 is 16.6. The molecular weight excluding hydrogens is 534 g/mol. The molecule has 0 saturated carbocycles. The van der Waals surface area contributed by atoms with Crippen molar-refractivity contribution in [3.8, 4) is 5.75 Å². The van der Waals surface area contributed by atoms with E-state index >= 15 is 0 Å². The lowest BCUT2D eigenvalue weighted by atomic mass is 9.97. The maximum Gasteiger partial charge on any atom is 0.350 e. The summed E-state index contributed by atoms with van der Waals surface area (Å²) in [6.07, 6.45) is 1.45. The third-order valence-corrected chi connectivity index (χ3v) is 7.71. The van der Waals surface area contributed by atoms with Gasteiger partial charge < -0.3 is 19.6 Å². The molecule has 40 heavy (non-hydrogen) atoms. The molecule has 1 atom stereocenters. The number of hydrogen-bond acceptors (Lipinski definition) is 9. The normalized spacial score (nSPS) is 14.3. The first-order valence-electron chi connectivity index (χ1n) is 12.3. The number of benzene rings is 2. The average Bonchev–Trinajstić information content (AvgIpc) is 3.44. The van der Waals surface area contributed by atoms with Crippen LogP contribution in [0.1, 0.15) is 54.2 Å². The number of primary amides is 1. The number of carbonyl (C=O) groups excluding carboxylic acids is 3. The van der Waals surface area contributed by atoms with Crippen LogP contribution in [0.5, 0.6) is 5.75 Å². The third kappa shape index (κ3) is 4.64. The number of ether oxygens (including phenoxy) is 2. The van der Waals surface area contributed by atoms with Gasteiger partial charge in [-0.3, -0.25) is 19.3 Å². The van der Waals surface area contributed by atoms with Crippen LogP contribution in [-0.2, 0) is 9.53 Å². The summed E-state index contributed by atoms with van der Waals surface area (Å²) in [5.74, 6) is -1.49. The topological polar surface area (TPSA) is 142 Å². The van der Waals surface area contributed by atoms with Crippen LogP contribution in [0.4, 0.5) is 5.13 Å². The molecule has 10 nitrogen and oxygen atoms in total. The first-order valence-corrected chi connectivity index (χ1v) is 13.1. The van der Waals surface area contributed by atoms with E-state index in [1.54, 1.807) is 43.3 Å². The van der Waals surface area contributed by atoms with Gasteiger partial charge in [0.05, 0.1) is 22.7 Å². The SMILES string of the molecule is C=CCOC(=O)c1sc(N2C(=O)c3oc4cc(C)c(C)cc4c(=O)c3C2c2ccc(OCC(N)=O)cc2)nc1C. The van der Waals surface area contributed by atoms with Gasteiger partial charge in [-0.05, 0) is 61.7 Å². The van der Waals surface area contributed by atoms with Crippen molar-refractivity contribution in [3.05, 3.63) is 97.9 Å². The number of aromatic nitrogens is 1. The predicted octanol–water partition coefficient (Wildman–Crippen LogP) is 4.13. The fourth-order valence-corrected chi connectivity index (χ4v) is 5.50. The Hall–Kier alpha value is -4.77. The molecule has 0 radical (unpaired) electrons. The lowest BCUT2D eigenvalue weighted by Crippen LogP contribution is -2.29. The zero-order valence-electron chi connectivity index (χ0n) is 22.0. The minimum absolute atomic E-state index is 0.0240. The van der Waals surface area contributed by atoms with Gasteiger partial charge >= 0.3 is 5.97 Å². The highest BCUT2D eigenvalue weighted by Gasteiger charge is 2.45. The fraction of sp³-hybridized carbons (Fsp3) is 0.207. The number of aryl methyl sites for hydroxylation is 3. The van der Waals surface area contributed by atoms with Gasteiger partial charge in [-0.15, -0.1) is 0 Å². The second kappa shape index (κ2) is 10.4. The maximum absolute atomic E-state index is 13.9. The van der Waals surface area contributed by atoms with Crippen LogP contribution >= 0.6 is 11.3 Å². The highest BCUT2D eigenvalue weighted by atomic mass is 32.1. The summed E-state index contributed by atoms with van der Waals surface area (Å²) in [4.78, 5) is 57.6. The van der Waals surface area contributed by atoms with E-state index < -0.39 is 23.8 Å². The zero-order valence-corrected chi connectivity index (χ0v) is 22.8. The Bertz CT molecular complexity index is 1750. The first-order chi connectivity index (χ1) is 19.1. The van der Waals surface area contributed by atoms with Crippen molar-refractivity contribution in [2.45, 2.75) is 26.8 Å². The summed E-state index contributed by atoms with van der Waals surface area (Å²) in [5, 5.41) is 0.557. The molecule has 3 heterocycles. The molecule has 0 fully saturated rings. The van der Waals surface area contributed by atoms with Crippen LogP contribution < -0.4 is 20.8 Å². The lowest BCUT2D eigenvalue weighted by Gasteiger charge is -2.22. The monoisotopic (exact) mass is 559 g/mol. The van der Waals surface area contributed by atoms with E-state index in [-0.39, 0.29) is 40.0 Å². The minimum Gasteiger partial charge on any atom is -0.484 e. The number of thiazole rings is 1. The molecule has 0 saturated heterocycles. The van der Waals surface area contributed by atoms with Crippen LogP contribution in [0.3, 0.4) is 0 Å². The van der Waals surface area contributed by atoms with E-state index in [1.165, 1.54) is 11.0 Å². The molecule has 2 amide bonds. The van der Waals surface area contributed by atoms with Crippen molar-refractivity contribution in [2.24, 2.45) is 5.73 Å². The number of fused-ring (bicyclic) bond motifs is 2. The summed E-state index contributed by atoms with van der Waals surface area (Å²) in [7, 11) is 0. The molecule has 1 unspecified atom stereocenters. The van der Waals surface area contributed by atoms with E-state index in [1.807, 2.05) is 13.8 Å². The van der Waals surface area contributed by atoms with Crippen molar-refractivity contribution in [1.82, 2.24) is 4.98 Å². The van der Waals surface area contributed by atoms with E-state index in [2.05, 4.69) is 11.6 Å². The Morgan fingerprint density at radius 2 is 1.85 bits per heavy atom. The number of carbonyl (C=O) groups is 3. The van der Waals surface area contributed by atoms with Crippen molar-refractivity contribution in [1.29, 1.82) is 0 Å². The highest BCUT2D eigenvalue weighted by molar-refractivity contribution is 7.17. The standard InChI is InChI=1S/C29H25N3O7S/c1-5-10-37-28(36)26-16(4)31-29(40-26)32-23(17-6-8-18(9-7-17)38-13-21(30)33)22-24(34)19-11-14(2)15(3)12-20(19)39-25(22)27(32)35/h5-9,11-12,23H,1,10,13H2,2-4H3,(H2,30,33). The molecule has 2 aromatic carbocycles. The van der Waals surface area contributed by atoms with Gasteiger partial charge in [0.25, 0.3) is 11.8 Å². The molecule has 4 aromatic rings. The summed E-state index contributed by atoms with van der Waals surface area (Å²) in [5.41, 5.74) is 8.07. The van der Waals surface area contributed by atoms with Gasteiger partial charge in [-0.1, -0.05) is 36.1 Å². The van der Waals surface area contributed by atoms with Gasteiger partial charge in [0.15, 0.2) is 17.2 Å². The Morgan fingerprint density at radius 1 is 1.15 bits per heavy atom. The van der Waals surface area contributed by atoms with E-state index in [0.29, 0.717) is 28.0 Å². The molecule has 0 bridgehead atoms. The van der Waals surface area contributed by atoms with Crippen LogP contribution in [0.25, 0.3) is 11.0 Å². The number of hydrogen-bond donors (Lipinski definition) is 1. The molecule has 2 N–H and O–H groups in total. The predicted molar refractivity (Wildman–Crippen MR) is 149 cm³/mol. The summed E-state index contributed by atoms with van der Waals surface area (Å²) in [6.45, 7) is 8.70. The molecular formula is C29H25N3O7S. The Labute approximate surface area is 232 Å². The van der Waals surface area contributed by atoms with Crippen LogP contribution in [0, 0.1) is 20.8 Å². The smallest absolute Gasteiger partial charge is 0.350 e.